The van der Waals surface area contributed by atoms with Crippen molar-refractivity contribution in [1.29, 1.82) is 0 Å². The Kier molecular flexibility index (Phi) is 4.90. The largest absolute Gasteiger partial charge is 0.317 e. The van der Waals surface area contributed by atoms with Gasteiger partial charge in [0.1, 0.15) is 11.5 Å². The van der Waals surface area contributed by atoms with Gasteiger partial charge in [0.05, 0.1) is 17.9 Å². The topological polar surface area (TPSA) is 85.6 Å². The molecule has 9 heteroatoms. The smallest absolute Gasteiger partial charge is 0.286 e. The van der Waals surface area contributed by atoms with Crippen LogP contribution in [0.2, 0.25) is 0 Å². The van der Waals surface area contributed by atoms with Gasteiger partial charge in [-0.15, -0.1) is 10.2 Å². The summed E-state index contributed by atoms with van der Waals surface area (Å²) >= 11 is 1.17. The van der Waals surface area contributed by atoms with Gasteiger partial charge in [0, 0.05) is 12.4 Å². The van der Waals surface area contributed by atoms with E-state index < -0.39 is 0 Å². The van der Waals surface area contributed by atoms with Crippen molar-refractivity contribution in [3.8, 4) is 10.7 Å². The molecule has 0 radical (unpaired) electrons. The van der Waals surface area contributed by atoms with E-state index in [2.05, 4.69) is 25.6 Å². The quantitative estimate of drug-likeness (QED) is 0.556. The van der Waals surface area contributed by atoms with Gasteiger partial charge in [-0.1, -0.05) is 29.5 Å². The van der Waals surface area contributed by atoms with E-state index in [9.17, 15) is 9.18 Å². The Morgan fingerprint density at radius 3 is 2.75 bits per heavy atom. The standard InChI is InChI=1S/C19H15FN6OS/c1-12(13-5-7-14(20)8-6-13)26-11-15(10-22-26)23-17(27)19-25-24-18(28-19)16-4-2-3-9-21-16/h2-12H,1H3,(H,23,27). The molecule has 0 spiro atoms. The van der Waals surface area contributed by atoms with Gasteiger partial charge in [-0.25, -0.2) is 4.39 Å². The molecule has 0 saturated carbocycles. The second kappa shape index (κ2) is 7.65. The van der Waals surface area contributed by atoms with Crippen LogP contribution in [0.3, 0.4) is 0 Å². The monoisotopic (exact) mass is 394 g/mol. The lowest BCUT2D eigenvalue weighted by Gasteiger charge is -2.12. The van der Waals surface area contributed by atoms with E-state index in [0.717, 1.165) is 5.56 Å². The van der Waals surface area contributed by atoms with Crippen molar-refractivity contribution in [2.45, 2.75) is 13.0 Å². The molecule has 1 unspecified atom stereocenters. The van der Waals surface area contributed by atoms with E-state index in [1.54, 1.807) is 35.4 Å². The predicted molar refractivity (Wildman–Crippen MR) is 104 cm³/mol. The van der Waals surface area contributed by atoms with Crippen LogP contribution in [0.5, 0.6) is 0 Å². The van der Waals surface area contributed by atoms with Crippen molar-refractivity contribution in [2.75, 3.05) is 5.32 Å². The van der Waals surface area contributed by atoms with Crippen molar-refractivity contribution >= 4 is 22.9 Å². The number of carbonyl (C=O) groups excluding carboxylic acids is 1. The first kappa shape index (κ1) is 17.9. The van der Waals surface area contributed by atoms with Gasteiger partial charge >= 0.3 is 0 Å². The molecule has 0 aliphatic heterocycles. The highest BCUT2D eigenvalue weighted by Crippen LogP contribution is 2.23. The Morgan fingerprint density at radius 1 is 1.18 bits per heavy atom. The minimum absolute atomic E-state index is 0.108. The van der Waals surface area contributed by atoms with Gasteiger partial charge in [0.25, 0.3) is 5.91 Å². The van der Waals surface area contributed by atoms with Crippen LogP contribution in [-0.4, -0.2) is 30.9 Å². The lowest BCUT2D eigenvalue weighted by molar-refractivity contribution is 0.102. The third-order valence-corrected chi connectivity index (χ3v) is 5.06. The van der Waals surface area contributed by atoms with Crippen LogP contribution < -0.4 is 5.32 Å². The van der Waals surface area contributed by atoms with Crippen molar-refractivity contribution in [2.24, 2.45) is 0 Å². The van der Waals surface area contributed by atoms with Gasteiger partial charge < -0.3 is 5.32 Å². The van der Waals surface area contributed by atoms with Crippen molar-refractivity contribution in [1.82, 2.24) is 25.0 Å². The van der Waals surface area contributed by atoms with Gasteiger partial charge in [0.15, 0.2) is 5.01 Å². The fourth-order valence-electron chi connectivity index (χ4n) is 2.60. The number of anilines is 1. The van der Waals surface area contributed by atoms with E-state index in [-0.39, 0.29) is 22.8 Å². The third kappa shape index (κ3) is 3.79. The Labute approximate surface area is 163 Å². The number of halogens is 1. The zero-order valence-corrected chi connectivity index (χ0v) is 15.6. The molecule has 1 aromatic carbocycles. The van der Waals surface area contributed by atoms with Crippen LogP contribution >= 0.6 is 11.3 Å². The number of carbonyl (C=O) groups is 1. The molecule has 0 fully saturated rings. The highest BCUT2D eigenvalue weighted by molar-refractivity contribution is 7.16. The Morgan fingerprint density at radius 2 is 2.00 bits per heavy atom. The van der Waals surface area contributed by atoms with Gasteiger partial charge in [-0.2, -0.15) is 5.10 Å². The summed E-state index contributed by atoms with van der Waals surface area (Å²) < 4.78 is 14.8. The van der Waals surface area contributed by atoms with Gasteiger partial charge in [0.2, 0.25) is 5.01 Å². The maximum absolute atomic E-state index is 13.1. The molecule has 140 valence electrons. The van der Waals surface area contributed by atoms with Crippen LogP contribution in [0.25, 0.3) is 10.7 Å². The molecule has 0 bridgehead atoms. The Bertz CT molecular complexity index is 1090. The van der Waals surface area contributed by atoms with Gasteiger partial charge in [-0.05, 0) is 36.8 Å². The van der Waals surface area contributed by atoms with E-state index in [4.69, 9.17) is 0 Å². The zero-order chi connectivity index (χ0) is 19.5. The fourth-order valence-corrected chi connectivity index (χ4v) is 3.32. The molecule has 0 aliphatic rings. The highest BCUT2D eigenvalue weighted by Gasteiger charge is 2.16. The average molecular weight is 394 g/mol. The molecule has 0 saturated heterocycles. The normalized spacial score (nSPS) is 11.9. The molecule has 3 heterocycles. The number of hydrogen-bond acceptors (Lipinski definition) is 6. The molecule has 1 atom stereocenters. The Balaban J connectivity index is 1.46. The number of pyridine rings is 1. The molecule has 4 rings (SSSR count). The van der Waals surface area contributed by atoms with Crippen LogP contribution in [0.15, 0.2) is 61.1 Å². The minimum Gasteiger partial charge on any atom is -0.317 e. The van der Waals surface area contributed by atoms with Gasteiger partial charge in [-0.3, -0.25) is 14.5 Å². The number of amides is 1. The van der Waals surface area contributed by atoms with E-state index >= 15 is 0 Å². The van der Waals surface area contributed by atoms with Crippen molar-refractivity contribution in [3.63, 3.8) is 0 Å². The summed E-state index contributed by atoms with van der Waals surface area (Å²) in [6.45, 7) is 1.94. The van der Waals surface area contributed by atoms with Crippen molar-refractivity contribution in [3.05, 3.63) is 77.4 Å². The summed E-state index contributed by atoms with van der Waals surface area (Å²) in [4.78, 5) is 16.6. The summed E-state index contributed by atoms with van der Waals surface area (Å²) in [6.07, 6.45) is 4.93. The second-order valence-corrected chi connectivity index (χ2v) is 7.00. The van der Waals surface area contributed by atoms with E-state index in [1.807, 2.05) is 25.1 Å². The lowest BCUT2D eigenvalue weighted by Crippen LogP contribution is -2.11. The maximum atomic E-state index is 13.1. The molecule has 4 aromatic rings. The van der Waals surface area contributed by atoms with Crippen LogP contribution in [0.1, 0.15) is 28.3 Å². The average Bonchev–Trinajstić information content (AvgIpc) is 3.39. The summed E-state index contributed by atoms with van der Waals surface area (Å²) in [5.74, 6) is -0.653. The highest BCUT2D eigenvalue weighted by atomic mass is 32.1. The zero-order valence-electron chi connectivity index (χ0n) is 14.8. The molecule has 3 aromatic heterocycles. The molecule has 0 aliphatic carbocycles. The van der Waals surface area contributed by atoms with Crippen LogP contribution in [0.4, 0.5) is 10.1 Å². The molecule has 28 heavy (non-hydrogen) atoms. The van der Waals surface area contributed by atoms with E-state index in [0.29, 0.717) is 16.4 Å². The molecule has 1 N–H and O–H groups in total. The third-order valence-electron chi connectivity index (χ3n) is 4.11. The molecular formula is C19H15FN6OS. The molecular weight excluding hydrogens is 379 g/mol. The first-order chi connectivity index (χ1) is 13.6. The number of rotatable bonds is 5. The fraction of sp³-hybridized carbons (Fsp3) is 0.105. The molecule has 7 nitrogen and oxygen atoms in total. The predicted octanol–water partition coefficient (Wildman–Crippen LogP) is 3.80. The number of hydrogen-bond donors (Lipinski definition) is 1. The van der Waals surface area contributed by atoms with Crippen LogP contribution in [0, 0.1) is 5.82 Å². The first-order valence-electron chi connectivity index (χ1n) is 8.46. The SMILES string of the molecule is CC(c1ccc(F)cc1)n1cc(NC(=O)c2nnc(-c3ccccn3)s2)cn1. The van der Waals surface area contributed by atoms with Crippen LogP contribution in [-0.2, 0) is 0 Å². The summed E-state index contributed by atoms with van der Waals surface area (Å²) in [5.41, 5.74) is 2.11. The second-order valence-electron chi connectivity index (χ2n) is 6.02. The first-order valence-corrected chi connectivity index (χ1v) is 9.27. The number of nitrogens with one attached hydrogen (secondary N) is 1. The minimum atomic E-state index is -0.367. The summed E-state index contributed by atoms with van der Waals surface area (Å²) in [6, 6.07) is 11.6. The van der Waals surface area contributed by atoms with Crippen molar-refractivity contribution < 1.29 is 9.18 Å². The number of nitrogens with zero attached hydrogens (tertiary/aromatic N) is 5. The number of aromatic nitrogens is 5. The maximum Gasteiger partial charge on any atom is 0.286 e. The Hall–Kier alpha value is -3.46. The summed E-state index contributed by atoms with van der Waals surface area (Å²) in [5, 5.41) is 15.8. The lowest BCUT2D eigenvalue weighted by atomic mass is 10.1. The number of benzene rings is 1. The molecule has 1 amide bonds. The summed E-state index contributed by atoms with van der Waals surface area (Å²) in [7, 11) is 0. The van der Waals surface area contributed by atoms with E-state index in [1.165, 1.54) is 23.5 Å².